The van der Waals surface area contributed by atoms with E-state index in [2.05, 4.69) is 33.8 Å². The minimum atomic E-state index is 0.277. The lowest BCUT2D eigenvalue weighted by atomic mass is 10.1. The summed E-state index contributed by atoms with van der Waals surface area (Å²) in [6, 6.07) is 8.08. The molecule has 1 N–H and O–H groups in total. The highest BCUT2D eigenvalue weighted by Gasteiger charge is 2.19. The lowest BCUT2D eigenvalue weighted by Gasteiger charge is -2.26. The third kappa shape index (κ3) is 3.13. The molecule has 0 aliphatic carbocycles. The minimum Gasteiger partial charge on any atom is -0.493 e. The number of hydrogen-bond acceptors (Lipinski definition) is 6. The number of benzene rings is 1. The monoisotopic (exact) mass is 380 g/mol. The van der Waals surface area contributed by atoms with Crippen molar-refractivity contribution >= 4 is 27.8 Å². The van der Waals surface area contributed by atoms with E-state index in [9.17, 15) is 0 Å². The summed E-state index contributed by atoms with van der Waals surface area (Å²) >= 11 is 0. The Morgan fingerprint density at radius 2 is 1.96 bits per heavy atom. The van der Waals surface area contributed by atoms with Crippen molar-refractivity contribution in [3.8, 4) is 11.5 Å². The first-order chi connectivity index (χ1) is 13.6. The van der Waals surface area contributed by atoms with Crippen molar-refractivity contribution in [3.05, 3.63) is 42.6 Å². The predicted octanol–water partition coefficient (Wildman–Crippen LogP) is 4.18. The molecule has 0 spiro atoms. The zero-order valence-corrected chi connectivity index (χ0v) is 16.5. The highest BCUT2D eigenvalue weighted by molar-refractivity contribution is 6.09. The van der Waals surface area contributed by atoms with Crippen molar-refractivity contribution in [2.24, 2.45) is 0 Å². The van der Waals surface area contributed by atoms with Crippen molar-refractivity contribution in [2.45, 2.75) is 25.8 Å². The van der Waals surface area contributed by atoms with Gasteiger partial charge in [0, 0.05) is 31.0 Å². The Kier molecular flexibility index (Phi) is 4.81. The van der Waals surface area contributed by atoms with E-state index >= 15 is 0 Å². The third-order valence-electron chi connectivity index (χ3n) is 5.25. The maximum Gasteiger partial charge on any atom is 0.162 e. The molecule has 0 aliphatic heterocycles. The van der Waals surface area contributed by atoms with Crippen LogP contribution in [0.25, 0.3) is 21.9 Å². The average Bonchev–Trinajstić information content (AvgIpc) is 3.37. The van der Waals surface area contributed by atoms with Gasteiger partial charge in [0.2, 0.25) is 0 Å². The van der Waals surface area contributed by atoms with Crippen LogP contribution in [0.2, 0.25) is 0 Å². The van der Waals surface area contributed by atoms with E-state index in [4.69, 9.17) is 13.9 Å². The van der Waals surface area contributed by atoms with Crippen LogP contribution in [0.4, 0.5) is 5.82 Å². The summed E-state index contributed by atoms with van der Waals surface area (Å²) in [6.45, 7) is 2.19. The molecule has 1 aromatic carbocycles. The third-order valence-corrected chi connectivity index (χ3v) is 5.25. The van der Waals surface area contributed by atoms with Crippen molar-refractivity contribution in [3.63, 3.8) is 0 Å². The van der Waals surface area contributed by atoms with Crippen molar-refractivity contribution in [1.82, 2.24) is 15.0 Å². The first-order valence-electron chi connectivity index (χ1n) is 9.26. The molecule has 0 saturated carbocycles. The van der Waals surface area contributed by atoms with E-state index in [1.807, 2.05) is 24.3 Å². The van der Waals surface area contributed by atoms with Crippen LogP contribution < -0.4 is 14.4 Å². The van der Waals surface area contributed by atoms with Gasteiger partial charge in [-0.3, -0.25) is 0 Å². The summed E-state index contributed by atoms with van der Waals surface area (Å²) in [5, 5.41) is 0.980. The van der Waals surface area contributed by atoms with Gasteiger partial charge < -0.3 is 23.8 Å². The molecule has 3 aromatic heterocycles. The summed E-state index contributed by atoms with van der Waals surface area (Å²) in [6.07, 6.45) is 5.16. The molecular weight excluding hydrogens is 356 g/mol. The molecule has 7 nitrogen and oxygen atoms in total. The SMILES string of the molecule is COc1cc2[nH]c3c(N(C)C(C)CCc4ccco4)ncnc3c2cc1OC. The molecule has 0 fully saturated rings. The van der Waals surface area contributed by atoms with E-state index in [1.165, 1.54) is 0 Å². The molecule has 1 unspecified atom stereocenters. The molecule has 0 amide bonds. The van der Waals surface area contributed by atoms with Crippen molar-refractivity contribution in [1.29, 1.82) is 0 Å². The van der Waals surface area contributed by atoms with Gasteiger partial charge in [-0.25, -0.2) is 9.97 Å². The van der Waals surface area contributed by atoms with E-state index in [0.29, 0.717) is 11.5 Å². The number of rotatable bonds is 7. The molecule has 7 heteroatoms. The highest BCUT2D eigenvalue weighted by atomic mass is 16.5. The van der Waals surface area contributed by atoms with Gasteiger partial charge in [-0.15, -0.1) is 0 Å². The number of aromatic amines is 1. The summed E-state index contributed by atoms with van der Waals surface area (Å²) in [4.78, 5) is 14.7. The number of ether oxygens (including phenoxy) is 2. The number of nitrogens with zero attached hydrogens (tertiary/aromatic N) is 3. The fourth-order valence-corrected chi connectivity index (χ4v) is 3.48. The van der Waals surface area contributed by atoms with E-state index in [-0.39, 0.29) is 6.04 Å². The Morgan fingerprint density at radius 1 is 1.18 bits per heavy atom. The Balaban J connectivity index is 1.70. The maximum atomic E-state index is 5.45. The quantitative estimate of drug-likeness (QED) is 0.518. The molecule has 4 rings (SSSR count). The van der Waals surface area contributed by atoms with Crippen LogP contribution in [0.3, 0.4) is 0 Å². The van der Waals surface area contributed by atoms with Crippen LogP contribution in [0.15, 0.2) is 41.3 Å². The zero-order chi connectivity index (χ0) is 19.7. The molecule has 146 valence electrons. The predicted molar refractivity (Wildman–Crippen MR) is 109 cm³/mol. The summed E-state index contributed by atoms with van der Waals surface area (Å²) in [5.74, 6) is 3.22. The molecule has 0 saturated heterocycles. The lowest BCUT2D eigenvalue weighted by molar-refractivity contribution is 0.356. The normalized spacial score (nSPS) is 12.4. The van der Waals surface area contributed by atoms with Crippen LogP contribution in [0, 0.1) is 0 Å². The van der Waals surface area contributed by atoms with Crippen LogP contribution in [0.5, 0.6) is 11.5 Å². The first kappa shape index (κ1) is 18.2. The first-order valence-corrected chi connectivity index (χ1v) is 9.26. The van der Waals surface area contributed by atoms with Crippen LogP contribution in [0.1, 0.15) is 19.1 Å². The zero-order valence-electron chi connectivity index (χ0n) is 16.5. The second kappa shape index (κ2) is 7.42. The summed E-state index contributed by atoms with van der Waals surface area (Å²) < 4.78 is 16.3. The molecule has 0 radical (unpaired) electrons. The van der Waals surface area contributed by atoms with Crippen LogP contribution in [-0.2, 0) is 6.42 Å². The topological polar surface area (TPSA) is 76.4 Å². The number of aryl methyl sites for hydroxylation is 1. The van der Waals surface area contributed by atoms with Gasteiger partial charge in [0.25, 0.3) is 0 Å². The number of furan rings is 1. The van der Waals surface area contributed by atoms with Crippen molar-refractivity contribution in [2.75, 3.05) is 26.2 Å². The fourth-order valence-electron chi connectivity index (χ4n) is 3.48. The molecule has 1 atom stereocenters. The molecule has 3 heterocycles. The lowest BCUT2D eigenvalue weighted by Crippen LogP contribution is -2.30. The second-order valence-corrected chi connectivity index (χ2v) is 6.88. The van der Waals surface area contributed by atoms with Gasteiger partial charge in [-0.1, -0.05) is 0 Å². The number of hydrogen-bond donors (Lipinski definition) is 1. The largest absolute Gasteiger partial charge is 0.493 e. The minimum absolute atomic E-state index is 0.277. The Morgan fingerprint density at radius 3 is 2.68 bits per heavy atom. The van der Waals surface area contributed by atoms with Gasteiger partial charge in [-0.05, 0) is 31.5 Å². The smallest absolute Gasteiger partial charge is 0.162 e. The van der Waals surface area contributed by atoms with Gasteiger partial charge in [0.15, 0.2) is 17.3 Å². The number of aromatic nitrogens is 3. The fraction of sp³-hybridized carbons (Fsp3) is 0.333. The number of anilines is 1. The van der Waals surface area contributed by atoms with E-state index in [0.717, 1.165) is 46.4 Å². The highest BCUT2D eigenvalue weighted by Crippen LogP contribution is 2.37. The van der Waals surface area contributed by atoms with Gasteiger partial charge >= 0.3 is 0 Å². The number of H-pyrrole nitrogens is 1. The number of fused-ring (bicyclic) bond motifs is 3. The van der Waals surface area contributed by atoms with Gasteiger partial charge in [-0.2, -0.15) is 0 Å². The Labute approximate surface area is 163 Å². The summed E-state index contributed by atoms with van der Waals surface area (Å²) in [7, 11) is 5.32. The van der Waals surface area contributed by atoms with Crippen molar-refractivity contribution < 1.29 is 13.9 Å². The van der Waals surface area contributed by atoms with Crippen LogP contribution >= 0.6 is 0 Å². The average molecular weight is 380 g/mol. The molecular formula is C21H24N4O3. The van der Waals surface area contributed by atoms with E-state index < -0.39 is 0 Å². The Hall–Kier alpha value is -3.22. The molecule has 0 bridgehead atoms. The molecule has 28 heavy (non-hydrogen) atoms. The number of nitrogens with one attached hydrogen (secondary N) is 1. The summed E-state index contributed by atoms with van der Waals surface area (Å²) in [5.41, 5.74) is 2.71. The molecule has 4 aromatic rings. The van der Waals surface area contributed by atoms with E-state index in [1.54, 1.807) is 26.8 Å². The Bertz CT molecular complexity index is 1090. The maximum absolute atomic E-state index is 5.45. The standard InChI is InChI=1S/C21H24N4O3/c1-13(7-8-14-6-5-9-28-14)25(2)21-20-19(22-12-23-21)15-10-17(26-3)18(27-4)11-16(15)24-20/h5-6,9-13,24H,7-8H2,1-4H3. The second-order valence-electron chi connectivity index (χ2n) is 6.88. The number of methoxy groups -OCH3 is 2. The molecule has 0 aliphatic rings. The van der Waals surface area contributed by atoms with Gasteiger partial charge in [0.05, 0.1) is 26.0 Å². The van der Waals surface area contributed by atoms with Crippen LogP contribution in [-0.4, -0.2) is 42.3 Å². The van der Waals surface area contributed by atoms with Gasteiger partial charge in [0.1, 0.15) is 23.1 Å².